The first-order valence-electron chi connectivity index (χ1n) is 8.77. The van der Waals surface area contributed by atoms with Crippen molar-refractivity contribution in [3.63, 3.8) is 0 Å². The van der Waals surface area contributed by atoms with Gasteiger partial charge in [0.15, 0.2) is 0 Å². The average molecular weight is 346 g/mol. The number of aliphatic hydroxyl groups excluding tert-OH is 1. The normalized spacial score (nSPS) is 21.1. The number of para-hydroxylation sites is 1. The summed E-state index contributed by atoms with van der Waals surface area (Å²) in [6, 6.07) is 9.86. The van der Waals surface area contributed by atoms with Crippen LogP contribution < -0.4 is 4.74 Å². The summed E-state index contributed by atoms with van der Waals surface area (Å²) in [5.74, 6) is 2.04. The smallest absolute Gasteiger partial charge is 0.230 e. The zero-order chi connectivity index (χ0) is 17.6. The van der Waals surface area contributed by atoms with Crippen LogP contribution in [0.2, 0.25) is 0 Å². The Bertz CT molecular complexity index is 649. The van der Waals surface area contributed by atoms with Gasteiger partial charge in [-0.2, -0.15) is 0 Å². The molecular weight excluding hydrogens is 320 g/mol. The van der Waals surface area contributed by atoms with Crippen LogP contribution in [0.4, 0.5) is 0 Å². The number of β-amino-alcohol motifs (C(OH)–C–C–N with tert-alkyl or cyclic N) is 1. The second-order valence-corrected chi connectivity index (χ2v) is 6.33. The Hall–Kier alpha value is -1.96. The Labute approximate surface area is 148 Å². The summed E-state index contributed by atoms with van der Waals surface area (Å²) in [4.78, 5) is 4.43. The lowest BCUT2D eigenvalue weighted by Crippen LogP contribution is -2.42. The third-order valence-electron chi connectivity index (χ3n) is 4.54. The predicted octanol–water partition coefficient (Wildman–Crippen LogP) is 1.32. The van der Waals surface area contributed by atoms with Crippen LogP contribution in [0.25, 0.3) is 0 Å². The van der Waals surface area contributed by atoms with E-state index in [1.165, 1.54) is 0 Å². The highest BCUT2D eigenvalue weighted by Crippen LogP contribution is 2.18. The SMILES string of the molecule is CCN(Cc1nnc(C)o1)[C@@H]1CN(CCOc2ccccc2)C[C@H]1O. The molecule has 3 rings (SSSR count). The van der Waals surface area contributed by atoms with Crippen LogP contribution in [-0.4, -0.2) is 70.0 Å². The van der Waals surface area contributed by atoms with Crippen molar-refractivity contribution in [2.75, 3.05) is 32.8 Å². The fraction of sp³-hybridized carbons (Fsp3) is 0.556. The highest BCUT2D eigenvalue weighted by Gasteiger charge is 2.35. The number of aryl methyl sites for hydroxylation is 1. The highest BCUT2D eigenvalue weighted by atomic mass is 16.5. The fourth-order valence-electron chi connectivity index (χ4n) is 3.24. The monoisotopic (exact) mass is 346 g/mol. The van der Waals surface area contributed by atoms with Crippen molar-refractivity contribution in [1.82, 2.24) is 20.0 Å². The molecule has 0 spiro atoms. The summed E-state index contributed by atoms with van der Waals surface area (Å²) >= 11 is 0. The molecule has 1 fully saturated rings. The number of aliphatic hydroxyl groups is 1. The van der Waals surface area contributed by atoms with Gasteiger partial charge in [-0.1, -0.05) is 25.1 Å². The minimum absolute atomic E-state index is 0.0638. The molecular formula is C18H26N4O3. The van der Waals surface area contributed by atoms with Gasteiger partial charge in [0.2, 0.25) is 11.8 Å². The zero-order valence-corrected chi connectivity index (χ0v) is 14.8. The summed E-state index contributed by atoms with van der Waals surface area (Å²) in [5.41, 5.74) is 0. The first-order valence-corrected chi connectivity index (χ1v) is 8.77. The van der Waals surface area contributed by atoms with Crippen LogP contribution in [0.3, 0.4) is 0 Å². The highest BCUT2D eigenvalue weighted by molar-refractivity contribution is 5.20. The van der Waals surface area contributed by atoms with Crippen molar-refractivity contribution in [3.8, 4) is 5.75 Å². The molecule has 0 unspecified atom stereocenters. The third kappa shape index (κ3) is 4.78. The van der Waals surface area contributed by atoms with Crippen molar-refractivity contribution in [2.24, 2.45) is 0 Å². The Balaban J connectivity index is 1.49. The lowest BCUT2D eigenvalue weighted by Gasteiger charge is -2.28. The van der Waals surface area contributed by atoms with Crippen LogP contribution in [-0.2, 0) is 6.54 Å². The molecule has 7 heteroatoms. The van der Waals surface area contributed by atoms with Gasteiger partial charge in [-0.05, 0) is 18.7 Å². The van der Waals surface area contributed by atoms with Crippen molar-refractivity contribution in [3.05, 3.63) is 42.1 Å². The predicted molar refractivity (Wildman–Crippen MR) is 93.3 cm³/mol. The topological polar surface area (TPSA) is 74.9 Å². The number of hydrogen-bond donors (Lipinski definition) is 1. The van der Waals surface area contributed by atoms with Crippen LogP contribution in [0, 0.1) is 6.92 Å². The molecule has 1 aliphatic rings. The van der Waals surface area contributed by atoms with E-state index in [1.54, 1.807) is 6.92 Å². The quantitative estimate of drug-likeness (QED) is 0.773. The Morgan fingerprint density at radius 1 is 1.28 bits per heavy atom. The van der Waals surface area contributed by atoms with Crippen LogP contribution in [0.15, 0.2) is 34.7 Å². The maximum Gasteiger partial charge on any atom is 0.230 e. The van der Waals surface area contributed by atoms with Gasteiger partial charge in [0.25, 0.3) is 0 Å². The third-order valence-corrected chi connectivity index (χ3v) is 4.54. The number of aromatic nitrogens is 2. The number of hydrogen-bond acceptors (Lipinski definition) is 7. The molecule has 1 aromatic carbocycles. The summed E-state index contributed by atoms with van der Waals surface area (Å²) < 4.78 is 11.2. The van der Waals surface area contributed by atoms with E-state index >= 15 is 0 Å². The second-order valence-electron chi connectivity index (χ2n) is 6.33. The van der Waals surface area contributed by atoms with Crippen LogP contribution in [0.5, 0.6) is 5.75 Å². The Morgan fingerprint density at radius 3 is 2.76 bits per heavy atom. The lowest BCUT2D eigenvalue weighted by molar-refractivity contribution is 0.0760. The minimum atomic E-state index is -0.388. The van der Waals surface area contributed by atoms with E-state index in [9.17, 15) is 5.11 Å². The van der Waals surface area contributed by atoms with Crippen molar-refractivity contribution in [1.29, 1.82) is 0 Å². The number of benzene rings is 1. The van der Waals surface area contributed by atoms with E-state index in [1.807, 2.05) is 30.3 Å². The molecule has 1 aromatic heterocycles. The Morgan fingerprint density at radius 2 is 2.08 bits per heavy atom. The van der Waals surface area contributed by atoms with E-state index in [4.69, 9.17) is 9.15 Å². The first-order chi connectivity index (χ1) is 12.2. The maximum absolute atomic E-state index is 10.5. The summed E-state index contributed by atoms with van der Waals surface area (Å²) in [6.45, 7) is 8.11. The summed E-state index contributed by atoms with van der Waals surface area (Å²) in [7, 11) is 0. The molecule has 2 atom stereocenters. The van der Waals surface area contributed by atoms with E-state index in [-0.39, 0.29) is 12.1 Å². The maximum atomic E-state index is 10.5. The molecule has 136 valence electrons. The molecule has 2 aromatic rings. The van der Waals surface area contributed by atoms with Gasteiger partial charge in [-0.15, -0.1) is 10.2 Å². The van der Waals surface area contributed by atoms with E-state index in [2.05, 4.69) is 26.9 Å². The standard InChI is InChI=1S/C18H26N4O3/c1-3-22(13-18-20-19-14(2)25-18)16-11-21(12-17(16)23)9-10-24-15-7-5-4-6-8-15/h4-8,16-17,23H,3,9-13H2,1-2H3/t16-,17-/m1/s1. The molecule has 0 radical (unpaired) electrons. The van der Waals surface area contributed by atoms with Gasteiger partial charge in [-0.25, -0.2) is 0 Å². The molecule has 0 bridgehead atoms. The van der Waals surface area contributed by atoms with Gasteiger partial charge in [0.1, 0.15) is 12.4 Å². The number of likely N-dealkylation sites (tertiary alicyclic amines) is 1. The number of nitrogens with zero attached hydrogens (tertiary/aromatic N) is 4. The molecule has 1 saturated heterocycles. The summed E-state index contributed by atoms with van der Waals surface area (Å²) in [5, 5.41) is 18.4. The van der Waals surface area contributed by atoms with E-state index in [0.717, 1.165) is 25.4 Å². The molecule has 1 N–H and O–H groups in total. The zero-order valence-electron chi connectivity index (χ0n) is 14.8. The van der Waals surface area contributed by atoms with E-state index in [0.29, 0.717) is 31.5 Å². The summed E-state index contributed by atoms with van der Waals surface area (Å²) in [6.07, 6.45) is -0.388. The van der Waals surface area contributed by atoms with Gasteiger partial charge in [0.05, 0.1) is 18.7 Å². The van der Waals surface area contributed by atoms with Crippen molar-refractivity contribution in [2.45, 2.75) is 32.5 Å². The molecule has 2 heterocycles. The van der Waals surface area contributed by atoms with Crippen LogP contribution >= 0.6 is 0 Å². The van der Waals surface area contributed by atoms with E-state index < -0.39 is 0 Å². The van der Waals surface area contributed by atoms with Crippen molar-refractivity contribution < 1.29 is 14.3 Å². The number of likely N-dealkylation sites (N-methyl/N-ethyl adjacent to an activating group) is 1. The lowest BCUT2D eigenvalue weighted by atomic mass is 10.2. The minimum Gasteiger partial charge on any atom is -0.492 e. The number of rotatable bonds is 8. The van der Waals surface area contributed by atoms with Crippen LogP contribution in [0.1, 0.15) is 18.7 Å². The second kappa shape index (κ2) is 8.42. The fourth-order valence-corrected chi connectivity index (χ4v) is 3.24. The molecule has 0 aliphatic carbocycles. The van der Waals surface area contributed by atoms with Gasteiger partial charge < -0.3 is 14.3 Å². The van der Waals surface area contributed by atoms with Crippen molar-refractivity contribution >= 4 is 0 Å². The first kappa shape index (κ1) is 17.8. The molecule has 0 saturated carbocycles. The Kier molecular flexibility index (Phi) is 6.01. The molecule has 0 amide bonds. The number of ether oxygens (including phenoxy) is 1. The van der Waals surface area contributed by atoms with Gasteiger partial charge in [0, 0.05) is 26.6 Å². The molecule has 1 aliphatic heterocycles. The molecule has 7 nitrogen and oxygen atoms in total. The van der Waals surface area contributed by atoms with Gasteiger partial charge >= 0.3 is 0 Å². The van der Waals surface area contributed by atoms with Gasteiger partial charge in [-0.3, -0.25) is 9.80 Å². The average Bonchev–Trinajstić information content (AvgIpc) is 3.19. The largest absolute Gasteiger partial charge is 0.492 e. The molecule has 25 heavy (non-hydrogen) atoms.